The standard InChI is InChI=1S/C16H28O2/c1-3-5-7-9-11-13-15-14(16(17)18-15)12-10-8-6-4-2/h13-14H,3-12H2,1-2H3. The maximum atomic E-state index is 11.4. The Morgan fingerprint density at radius 1 is 1.00 bits per heavy atom. The van der Waals surface area contributed by atoms with Crippen molar-refractivity contribution in [3.8, 4) is 0 Å². The van der Waals surface area contributed by atoms with Crippen molar-refractivity contribution >= 4 is 5.97 Å². The highest BCUT2D eigenvalue weighted by atomic mass is 16.6. The third kappa shape index (κ3) is 5.24. The highest BCUT2D eigenvalue weighted by Crippen LogP contribution is 2.31. The minimum Gasteiger partial charge on any atom is -0.430 e. The van der Waals surface area contributed by atoms with Crippen molar-refractivity contribution in [3.05, 3.63) is 11.8 Å². The van der Waals surface area contributed by atoms with E-state index in [-0.39, 0.29) is 11.9 Å². The van der Waals surface area contributed by atoms with E-state index in [1.54, 1.807) is 0 Å². The lowest BCUT2D eigenvalue weighted by Crippen LogP contribution is -2.32. The molecule has 0 saturated carbocycles. The highest BCUT2D eigenvalue weighted by molar-refractivity contribution is 5.82. The Morgan fingerprint density at radius 3 is 2.28 bits per heavy atom. The Labute approximate surface area is 112 Å². The number of carbonyl (C=O) groups excluding carboxylic acids is 1. The van der Waals surface area contributed by atoms with E-state index in [2.05, 4.69) is 19.9 Å². The molecule has 1 rings (SSSR count). The van der Waals surface area contributed by atoms with Crippen molar-refractivity contribution in [3.63, 3.8) is 0 Å². The molecule has 2 heteroatoms. The number of cyclic esters (lactones) is 1. The summed E-state index contributed by atoms with van der Waals surface area (Å²) in [5.41, 5.74) is 0. The number of ether oxygens (including phenoxy) is 1. The van der Waals surface area contributed by atoms with Crippen molar-refractivity contribution in [2.45, 2.75) is 78.1 Å². The molecule has 0 aromatic heterocycles. The average molecular weight is 252 g/mol. The maximum Gasteiger partial charge on any atom is 0.321 e. The van der Waals surface area contributed by atoms with Crippen molar-refractivity contribution < 1.29 is 9.53 Å². The summed E-state index contributed by atoms with van der Waals surface area (Å²) in [6, 6.07) is 0. The molecule has 104 valence electrons. The number of unbranched alkanes of at least 4 members (excludes halogenated alkanes) is 7. The molecular weight excluding hydrogens is 224 g/mol. The SMILES string of the molecule is CCCCCCC=C1OC(=O)C1CCCCCC. The Kier molecular flexibility index (Phi) is 7.79. The van der Waals surface area contributed by atoms with Gasteiger partial charge in [0.1, 0.15) is 11.7 Å². The fourth-order valence-electron chi connectivity index (χ4n) is 2.35. The summed E-state index contributed by atoms with van der Waals surface area (Å²) in [6.07, 6.45) is 14.2. The molecule has 0 bridgehead atoms. The van der Waals surface area contributed by atoms with E-state index in [1.807, 2.05) is 0 Å². The summed E-state index contributed by atoms with van der Waals surface area (Å²) < 4.78 is 5.14. The summed E-state index contributed by atoms with van der Waals surface area (Å²) in [5.74, 6) is 1.03. The number of rotatable bonds is 10. The van der Waals surface area contributed by atoms with E-state index in [0.29, 0.717) is 0 Å². The first kappa shape index (κ1) is 15.3. The molecule has 1 unspecified atom stereocenters. The van der Waals surface area contributed by atoms with Crippen LogP contribution in [0.5, 0.6) is 0 Å². The van der Waals surface area contributed by atoms with Gasteiger partial charge in [-0.25, -0.2) is 0 Å². The smallest absolute Gasteiger partial charge is 0.321 e. The zero-order chi connectivity index (χ0) is 13.2. The predicted molar refractivity (Wildman–Crippen MR) is 75.2 cm³/mol. The van der Waals surface area contributed by atoms with Gasteiger partial charge in [-0.1, -0.05) is 58.8 Å². The van der Waals surface area contributed by atoms with Gasteiger partial charge >= 0.3 is 5.97 Å². The van der Waals surface area contributed by atoms with E-state index in [0.717, 1.165) is 25.0 Å². The van der Waals surface area contributed by atoms with Crippen LogP contribution in [0.15, 0.2) is 11.8 Å². The number of allylic oxidation sites excluding steroid dienone is 1. The van der Waals surface area contributed by atoms with Gasteiger partial charge in [-0.3, -0.25) is 4.79 Å². The summed E-state index contributed by atoms with van der Waals surface area (Å²) in [5, 5.41) is 0. The molecule has 1 fully saturated rings. The number of hydrogen-bond donors (Lipinski definition) is 0. The monoisotopic (exact) mass is 252 g/mol. The Morgan fingerprint density at radius 2 is 1.67 bits per heavy atom. The summed E-state index contributed by atoms with van der Waals surface area (Å²) >= 11 is 0. The van der Waals surface area contributed by atoms with Gasteiger partial charge in [-0.05, 0) is 25.3 Å². The van der Waals surface area contributed by atoms with Crippen molar-refractivity contribution in [1.29, 1.82) is 0 Å². The van der Waals surface area contributed by atoms with Crippen LogP contribution in [-0.4, -0.2) is 5.97 Å². The fourth-order valence-corrected chi connectivity index (χ4v) is 2.35. The van der Waals surface area contributed by atoms with Gasteiger partial charge < -0.3 is 4.74 Å². The van der Waals surface area contributed by atoms with E-state index in [9.17, 15) is 4.79 Å². The minimum absolute atomic E-state index is 0.00805. The van der Waals surface area contributed by atoms with Gasteiger partial charge in [0.15, 0.2) is 0 Å². The van der Waals surface area contributed by atoms with Crippen LogP contribution in [0, 0.1) is 5.92 Å². The average Bonchev–Trinajstić information content (AvgIpc) is 2.37. The molecule has 1 saturated heterocycles. The molecule has 1 heterocycles. The molecule has 0 aliphatic carbocycles. The van der Waals surface area contributed by atoms with Gasteiger partial charge in [-0.15, -0.1) is 0 Å². The third-order valence-electron chi connectivity index (χ3n) is 3.60. The molecule has 0 radical (unpaired) electrons. The topological polar surface area (TPSA) is 26.3 Å². The van der Waals surface area contributed by atoms with Crippen LogP contribution in [0.1, 0.15) is 78.1 Å². The van der Waals surface area contributed by atoms with Crippen molar-refractivity contribution in [2.75, 3.05) is 0 Å². The van der Waals surface area contributed by atoms with Crippen LogP contribution in [0.25, 0.3) is 0 Å². The van der Waals surface area contributed by atoms with Crippen LogP contribution >= 0.6 is 0 Å². The second kappa shape index (κ2) is 9.18. The van der Waals surface area contributed by atoms with Crippen LogP contribution in [0.3, 0.4) is 0 Å². The largest absolute Gasteiger partial charge is 0.430 e. The molecule has 0 spiro atoms. The normalized spacial score (nSPS) is 20.9. The lowest BCUT2D eigenvalue weighted by molar-refractivity contribution is -0.157. The molecular formula is C16H28O2. The molecule has 0 aromatic rings. The first-order valence-corrected chi connectivity index (χ1v) is 7.71. The Bertz CT molecular complexity index is 268. The second-order valence-electron chi connectivity index (χ2n) is 5.28. The lowest BCUT2D eigenvalue weighted by Gasteiger charge is -2.28. The zero-order valence-electron chi connectivity index (χ0n) is 12.0. The Hall–Kier alpha value is -0.790. The van der Waals surface area contributed by atoms with Gasteiger partial charge in [0.25, 0.3) is 0 Å². The van der Waals surface area contributed by atoms with E-state index >= 15 is 0 Å². The van der Waals surface area contributed by atoms with Gasteiger partial charge in [-0.2, -0.15) is 0 Å². The summed E-state index contributed by atoms with van der Waals surface area (Å²) in [6.45, 7) is 4.43. The quantitative estimate of drug-likeness (QED) is 0.404. The fraction of sp³-hybridized carbons (Fsp3) is 0.812. The van der Waals surface area contributed by atoms with Crippen LogP contribution in [-0.2, 0) is 9.53 Å². The molecule has 1 aliphatic rings. The summed E-state index contributed by atoms with van der Waals surface area (Å²) in [4.78, 5) is 11.4. The molecule has 1 atom stereocenters. The van der Waals surface area contributed by atoms with Crippen LogP contribution < -0.4 is 0 Å². The zero-order valence-corrected chi connectivity index (χ0v) is 12.0. The number of hydrogen-bond acceptors (Lipinski definition) is 2. The maximum absolute atomic E-state index is 11.4. The van der Waals surface area contributed by atoms with Crippen LogP contribution in [0.2, 0.25) is 0 Å². The van der Waals surface area contributed by atoms with E-state index in [1.165, 1.54) is 44.9 Å². The van der Waals surface area contributed by atoms with Gasteiger partial charge in [0.2, 0.25) is 0 Å². The molecule has 18 heavy (non-hydrogen) atoms. The van der Waals surface area contributed by atoms with E-state index in [4.69, 9.17) is 4.74 Å². The predicted octanol–water partition coefficient (Wildman–Crippen LogP) is 4.98. The molecule has 2 nitrogen and oxygen atoms in total. The molecule has 0 amide bonds. The highest BCUT2D eigenvalue weighted by Gasteiger charge is 2.36. The summed E-state index contributed by atoms with van der Waals surface area (Å²) in [7, 11) is 0. The Balaban J connectivity index is 2.16. The first-order valence-electron chi connectivity index (χ1n) is 7.71. The van der Waals surface area contributed by atoms with Gasteiger partial charge in [0, 0.05) is 0 Å². The lowest BCUT2D eigenvalue weighted by atomic mass is 9.94. The van der Waals surface area contributed by atoms with Gasteiger partial charge in [0.05, 0.1) is 0 Å². The minimum atomic E-state index is -0.00805. The van der Waals surface area contributed by atoms with E-state index < -0.39 is 0 Å². The number of esters is 1. The van der Waals surface area contributed by atoms with Crippen molar-refractivity contribution in [2.24, 2.45) is 5.92 Å². The van der Waals surface area contributed by atoms with Crippen LogP contribution in [0.4, 0.5) is 0 Å². The molecule has 0 N–H and O–H groups in total. The third-order valence-corrected chi connectivity index (χ3v) is 3.60. The first-order chi connectivity index (χ1) is 8.79. The molecule has 1 aliphatic heterocycles. The number of carbonyl (C=O) groups is 1. The second-order valence-corrected chi connectivity index (χ2v) is 5.28. The molecule has 0 aromatic carbocycles. The van der Waals surface area contributed by atoms with Crippen molar-refractivity contribution in [1.82, 2.24) is 0 Å².